The molecule has 0 saturated carbocycles. The molecule has 5 rings (SSSR count). The van der Waals surface area contributed by atoms with E-state index in [4.69, 9.17) is 11.6 Å². The van der Waals surface area contributed by atoms with E-state index < -0.39 is 17.7 Å². The zero-order valence-corrected chi connectivity index (χ0v) is 20.2. The number of thiazole rings is 1. The van der Waals surface area contributed by atoms with Gasteiger partial charge in [0.1, 0.15) is 5.76 Å². The lowest BCUT2D eigenvalue weighted by atomic mass is 9.95. The molecule has 5 nitrogen and oxygen atoms in total. The quantitative estimate of drug-likeness (QED) is 0.204. The summed E-state index contributed by atoms with van der Waals surface area (Å²) in [5, 5.41) is 12.1. The Hall–Kier alpha value is -3.48. The maximum absolute atomic E-state index is 13.3. The lowest BCUT2D eigenvalue weighted by molar-refractivity contribution is -0.132. The molecule has 1 atom stereocenters. The fraction of sp³-hybridized carbons (Fsp3) is 0.148. The van der Waals surface area contributed by atoms with E-state index in [1.807, 2.05) is 31.2 Å². The number of aliphatic hydroxyl groups excluding tert-OH is 1. The van der Waals surface area contributed by atoms with Crippen LogP contribution in [0.4, 0.5) is 5.13 Å². The normalized spacial score (nSPS) is 17.6. The van der Waals surface area contributed by atoms with Crippen molar-refractivity contribution in [1.29, 1.82) is 0 Å². The summed E-state index contributed by atoms with van der Waals surface area (Å²) in [6.07, 6.45) is 0.884. The largest absolute Gasteiger partial charge is 0.507 e. The lowest BCUT2D eigenvalue weighted by Gasteiger charge is -2.23. The molecule has 0 spiro atoms. The summed E-state index contributed by atoms with van der Waals surface area (Å²) < 4.78 is 0.935. The molecule has 1 amide bonds. The Morgan fingerprint density at radius 2 is 1.76 bits per heavy atom. The van der Waals surface area contributed by atoms with Crippen molar-refractivity contribution < 1.29 is 14.7 Å². The minimum Gasteiger partial charge on any atom is -0.507 e. The number of aryl methyl sites for hydroxylation is 2. The number of fused-ring (bicyclic) bond motifs is 1. The van der Waals surface area contributed by atoms with Gasteiger partial charge in [-0.15, -0.1) is 0 Å². The fourth-order valence-corrected chi connectivity index (χ4v) is 5.32. The van der Waals surface area contributed by atoms with Crippen LogP contribution in [0, 0.1) is 6.92 Å². The Balaban J connectivity index is 1.71. The van der Waals surface area contributed by atoms with E-state index in [0.29, 0.717) is 21.3 Å². The van der Waals surface area contributed by atoms with Crippen molar-refractivity contribution in [3.63, 3.8) is 0 Å². The first-order valence-corrected chi connectivity index (χ1v) is 12.1. The van der Waals surface area contributed by atoms with Crippen LogP contribution in [-0.2, 0) is 16.0 Å². The van der Waals surface area contributed by atoms with E-state index >= 15 is 0 Å². The molecule has 34 heavy (non-hydrogen) atoms. The number of halogens is 1. The highest BCUT2D eigenvalue weighted by molar-refractivity contribution is 7.22. The molecule has 2 heterocycles. The molecule has 0 radical (unpaired) electrons. The Bertz CT molecular complexity index is 1460. The summed E-state index contributed by atoms with van der Waals surface area (Å²) in [7, 11) is 0. The van der Waals surface area contributed by atoms with Crippen LogP contribution in [0.5, 0.6) is 0 Å². The van der Waals surface area contributed by atoms with Gasteiger partial charge in [-0.05, 0) is 48.7 Å². The van der Waals surface area contributed by atoms with Crippen molar-refractivity contribution in [3.8, 4) is 0 Å². The fourth-order valence-electron chi connectivity index (χ4n) is 4.14. The third kappa shape index (κ3) is 3.79. The van der Waals surface area contributed by atoms with Crippen molar-refractivity contribution in [2.24, 2.45) is 0 Å². The third-order valence-electron chi connectivity index (χ3n) is 6.01. The van der Waals surface area contributed by atoms with Crippen LogP contribution in [0.1, 0.15) is 35.2 Å². The molecule has 1 aliphatic rings. The van der Waals surface area contributed by atoms with Gasteiger partial charge in [-0.1, -0.05) is 77.9 Å². The monoisotopic (exact) mass is 488 g/mol. The van der Waals surface area contributed by atoms with E-state index in [1.165, 1.54) is 21.8 Å². The number of hydrogen-bond donors (Lipinski definition) is 1. The molecular formula is C27H21ClN2O3S. The van der Waals surface area contributed by atoms with E-state index in [9.17, 15) is 14.7 Å². The van der Waals surface area contributed by atoms with Crippen LogP contribution in [0.2, 0.25) is 5.02 Å². The van der Waals surface area contributed by atoms with Gasteiger partial charge >= 0.3 is 5.91 Å². The van der Waals surface area contributed by atoms with Gasteiger partial charge in [-0.2, -0.15) is 0 Å². The molecule has 1 fully saturated rings. The molecule has 4 aromatic rings. The van der Waals surface area contributed by atoms with Gasteiger partial charge in [0.15, 0.2) is 5.13 Å². The maximum Gasteiger partial charge on any atom is 0.301 e. The number of anilines is 1. The average molecular weight is 489 g/mol. The number of aliphatic hydroxyl groups is 1. The second kappa shape index (κ2) is 8.70. The number of rotatable bonds is 4. The van der Waals surface area contributed by atoms with Gasteiger partial charge in [0.25, 0.3) is 5.78 Å². The molecule has 1 aromatic heterocycles. The number of nitrogens with zero attached hydrogens (tertiary/aromatic N) is 2. The first kappa shape index (κ1) is 22.3. The highest BCUT2D eigenvalue weighted by Gasteiger charge is 2.48. The average Bonchev–Trinajstić information content (AvgIpc) is 3.37. The second-order valence-electron chi connectivity index (χ2n) is 8.24. The number of benzene rings is 3. The second-order valence-corrected chi connectivity index (χ2v) is 9.68. The summed E-state index contributed by atoms with van der Waals surface area (Å²) in [4.78, 5) is 32.7. The van der Waals surface area contributed by atoms with Gasteiger partial charge < -0.3 is 5.11 Å². The summed E-state index contributed by atoms with van der Waals surface area (Å²) in [6.45, 7) is 4.01. The summed E-state index contributed by atoms with van der Waals surface area (Å²) in [6, 6.07) is 19.3. The first-order valence-electron chi connectivity index (χ1n) is 10.9. The third-order valence-corrected chi connectivity index (χ3v) is 7.28. The molecule has 3 aromatic carbocycles. The van der Waals surface area contributed by atoms with Gasteiger partial charge in [-0.3, -0.25) is 14.5 Å². The highest BCUT2D eigenvalue weighted by atomic mass is 35.5. The molecular weight excluding hydrogens is 468 g/mol. The summed E-state index contributed by atoms with van der Waals surface area (Å²) in [5.41, 5.74) is 4.10. The first-order chi connectivity index (χ1) is 16.4. The van der Waals surface area contributed by atoms with Crippen molar-refractivity contribution in [3.05, 3.63) is 99.6 Å². The molecule has 7 heteroatoms. The molecule has 1 N–H and O–H groups in total. The van der Waals surface area contributed by atoms with E-state index in [1.54, 1.807) is 36.4 Å². The van der Waals surface area contributed by atoms with Gasteiger partial charge in [-0.25, -0.2) is 4.98 Å². The van der Waals surface area contributed by atoms with Crippen molar-refractivity contribution in [2.45, 2.75) is 26.3 Å². The molecule has 0 unspecified atom stereocenters. The van der Waals surface area contributed by atoms with Crippen LogP contribution in [0.15, 0.2) is 72.3 Å². The lowest BCUT2D eigenvalue weighted by Crippen LogP contribution is -2.29. The number of carbonyl (C=O) groups is 2. The molecule has 1 aliphatic heterocycles. The topological polar surface area (TPSA) is 70.5 Å². The molecule has 0 aliphatic carbocycles. The zero-order chi connectivity index (χ0) is 24.0. The van der Waals surface area contributed by atoms with Crippen molar-refractivity contribution in [2.75, 3.05) is 4.90 Å². The Morgan fingerprint density at radius 3 is 2.44 bits per heavy atom. The number of hydrogen-bond acceptors (Lipinski definition) is 5. The van der Waals surface area contributed by atoms with Gasteiger partial charge in [0.2, 0.25) is 0 Å². The predicted molar refractivity (Wildman–Crippen MR) is 136 cm³/mol. The number of carbonyl (C=O) groups excluding carboxylic acids is 2. The van der Waals surface area contributed by atoms with Gasteiger partial charge in [0.05, 0.1) is 21.8 Å². The highest BCUT2D eigenvalue weighted by Crippen LogP contribution is 2.44. The number of amides is 1. The SMILES string of the molecule is CCc1ccc2nc(N3C(=O)C(=O)/C(=C(/O)c4ccc(C)cc4)[C@@H]3c3ccc(Cl)cc3)sc2c1. The Labute approximate surface area is 205 Å². The molecule has 170 valence electrons. The number of ketones is 1. The standard InChI is InChI=1S/C27H21ClN2O3S/c1-3-16-6-13-20-21(14-16)34-27(29-20)30-23(17-9-11-19(28)12-10-17)22(25(32)26(30)33)24(31)18-7-4-15(2)5-8-18/h4-14,23,31H,3H2,1-2H3/b24-22+/t23-/m0/s1. The van der Waals surface area contributed by atoms with Gasteiger partial charge in [0, 0.05) is 10.6 Å². The summed E-state index contributed by atoms with van der Waals surface area (Å²) >= 11 is 7.46. The van der Waals surface area contributed by atoms with E-state index in [0.717, 1.165) is 22.2 Å². The molecule has 0 bridgehead atoms. The van der Waals surface area contributed by atoms with E-state index in [-0.39, 0.29) is 11.3 Å². The number of Topliss-reactive ketones (excluding diaryl/α,β-unsaturated/α-hetero) is 1. The predicted octanol–water partition coefficient (Wildman–Crippen LogP) is 6.45. The molecule has 1 saturated heterocycles. The van der Waals surface area contributed by atoms with Crippen LogP contribution < -0.4 is 4.90 Å². The van der Waals surface area contributed by atoms with Crippen LogP contribution in [0.25, 0.3) is 16.0 Å². The van der Waals surface area contributed by atoms with Crippen LogP contribution in [0.3, 0.4) is 0 Å². The smallest absolute Gasteiger partial charge is 0.301 e. The minimum absolute atomic E-state index is 0.0321. The Morgan fingerprint density at radius 1 is 1.06 bits per heavy atom. The van der Waals surface area contributed by atoms with Crippen molar-refractivity contribution in [1.82, 2.24) is 4.98 Å². The maximum atomic E-state index is 13.3. The summed E-state index contributed by atoms with van der Waals surface area (Å²) in [5.74, 6) is -1.68. The van der Waals surface area contributed by atoms with Crippen LogP contribution >= 0.6 is 22.9 Å². The Kier molecular flexibility index (Phi) is 5.71. The van der Waals surface area contributed by atoms with Crippen LogP contribution in [-0.4, -0.2) is 21.8 Å². The number of aromatic nitrogens is 1. The minimum atomic E-state index is -0.829. The van der Waals surface area contributed by atoms with E-state index in [2.05, 4.69) is 18.0 Å². The van der Waals surface area contributed by atoms with Crippen molar-refractivity contribution >= 4 is 55.7 Å². The zero-order valence-electron chi connectivity index (χ0n) is 18.6.